The summed E-state index contributed by atoms with van der Waals surface area (Å²) < 4.78 is 0. The van der Waals surface area contributed by atoms with Crippen molar-refractivity contribution in [3.05, 3.63) is 0 Å². The van der Waals surface area contributed by atoms with Gasteiger partial charge in [-0.1, -0.05) is 13.8 Å². The molecule has 0 aromatic carbocycles. The third-order valence-electron chi connectivity index (χ3n) is 4.20. The molecule has 2 N–H and O–H groups in total. The van der Waals surface area contributed by atoms with Gasteiger partial charge in [-0.05, 0) is 51.0 Å². The molecular weight excluding hydrogens is 212 g/mol. The molecule has 1 rings (SSSR count). The van der Waals surface area contributed by atoms with Gasteiger partial charge in [0.15, 0.2) is 0 Å². The molecule has 3 unspecified atom stereocenters. The van der Waals surface area contributed by atoms with Crippen LogP contribution in [0.2, 0.25) is 0 Å². The van der Waals surface area contributed by atoms with E-state index in [4.69, 9.17) is 5.73 Å². The molecule has 1 aliphatic rings. The Morgan fingerprint density at radius 2 is 2.12 bits per heavy atom. The normalized spacial score (nSPS) is 26.9. The molecule has 3 atom stereocenters. The van der Waals surface area contributed by atoms with Gasteiger partial charge in [-0.3, -0.25) is 4.79 Å². The van der Waals surface area contributed by atoms with Crippen molar-refractivity contribution in [3.63, 3.8) is 0 Å². The highest BCUT2D eigenvalue weighted by Crippen LogP contribution is 2.24. The Bertz CT molecular complexity index is 242. The lowest BCUT2D eigenvalue weighted by molar-refractivity contribution is -0.136. The van der Waals surface area contributed by atoms with E-state index in [0.29, 0.717) is 30.2 Å². The number of likely N-dealkylation sites (tertiary alicyclic amines) is 1. The molecule has 17 heavy (non-hydrogen) atoms. The van der Waals surface area contributed by atoms with Gasteiger partial charge < -0.3 is 10.6 Å². The Morgan fingerprint density at radius 1 is 1.41 bits per heavy atom. The number of hydrogen-bond acceptors (Lipinski definition) is 2. The molecule has 3 heteroatoms. The van der Waals surface area contributed by atoms with Crippen molar-refractivity contribution >= 4 is 5.91 Å². The topological polar surface area (TPSA) is 46.3 Å². The van der Waals surface area contributed by atoms with E-state index < -0.39 is 0 Å². The van der Waals surface area contributed by atoms with Gasteiger partial charge in [0.1, 0.15) is 0 Å². The first-order valence-electron chi connectivity index (χ1n) is 7.05. The molecule has 0 saturated carbocycles. The van der Waals surface area contributed by atoms with Crippen LogP contribution in [0.25, 0.3) is 0 Å². The number of hydrogen-bond donors (Lipinski definition) is 1. The van der Waals surface area contributed by atoms with E-state index in [1.54, 1.807) is 0 Å². The van der Waals surface area contributed by atoms with Crippen molar-refractivity contribution in [1.82, 2.24) is 4.90 Å². The zero-order valence-corrected chi connectivity index (χ0v) is 11.6. The van der Waals surface area contributed by atoms with Gasteiger partial charge in [0.2, 0.25) is 5.91 Å². The zero-order chi connectivity index (χ0) is 12.8. The highest BCUT2D eigenvalue weighted by atomic mass is 16.2. The first kappa shape index (κ1) is 14.5. The lowest BCUT2D eigenvalue weighted by Crippen LogP contribution is -2.46. The van der Waals surface area contributed by atoms with Gasteiger partial charge in [0, 0.05) is 19.0 Å². The van der Waals surface area contributed by atoms with Crippen LogP contribution in [0.1, 0.15) is 52.9 Å². The second-order valence-electron chi connectivity index (χ2n) is 5.67. The highest BCUT2D eigenvalue weighted by Gasteiger charge is 2.27. The summed E-state index contributed by atoms with van der Waals surface area (Å²) in [6, 6.07) is 0.418. The molecule has 1 heterocycles. The monoisotopic (exact) mass is 240 g/mol. The molecule has 1 fully saturated rings. The summed E-state index contributed by atoms with van der Waals surface area (Å²) >= 11 is 0. The number of carbonyl (C=O) groups excluding carboxylic acids is 1. The Kier molecular flexibility index (Phi) is 5.96. The van der Waals surface area contributed by atoms with Gasteiger partial charge in [0.05, 0.1) is 0 Å². The summed E-state index contributed by atoms with van der Waals surface area (Å²) in [7, 11) is 0. The summed E-state index contributed by atoms with van der Waals surface area (Å²) in [5.74, 6) is 1.56. The molecule has 0 radical (unpaired) electrons. The summed E-state index contributed by atoms with van der Waals surface area (Å²) in [5, 5.41) is 0. The molecule has 0 aliphatic carbocycles. The molecule has 3 nitrogen and oxygen atoms in total. The molecule has 0 aromatic heterocycles. The Hall–Kier alpha value is -0.570. The minimum absolute atomic E-state index is 0.341. The van der Waals surface area contributed by atoms with Crippen LogP contribution in [0.5, 0.6) is 0 Å². The summed E-state index contributed by atoms with van der Waals surface area (Å²) in [6.45, 7) is 8.30. The van der Waals surface area contributed by atoms with Crippen molar-refractivity contribution in [2.45, 2.75) is 58.9 Å². The van der Waals surface area contributed by atoms with E-state index in [1.165, 1.54) is 6.42 Å². The molecular formula is C14H28N2O. The van der Waals surface area contributed by atoms with E-state index in [9.17, 15) is 4.79 Å². The predicted octanol–water partition coefficient (Wildman–Crippen LogP) is 2.40. The maximum Gasteiger partial charge on any atom is 0.222 e. The van der Waals surface area contributed by atoms with Gasteiger partial charge in [0.25, 0.3) is 0 Å². The van der Waals surface area contributed by atoms with E-state index in [0.717, 1.165) is 32.4 Å². The van der Waals surface area contributed by atoms with Crippen molar-refractivity contribution in [2.75, 3.05) is 13.1 Å². The van der Waals surface area contributed by atoms with Gasteiger partial charge in [-0.15, -0.1) is 0 Å². The first-order valence-corrected chi connectivity index (χ1v) is 7.05. The number of rotatable bonds is 5. The largest absolute Gasteiger partial charge is 0.340 e. The Balaban J connectivity index is 2.36. The van der Waals surface area contributed by atoms with Gasteiger partial charge in [-0.25, -0.2) is 0 Å². The second-order valence-corrected chi connectivity index (χ2v) is 5.67. The van der Waals surface area contributed by atoms with E-state index in [1.807, 2.05) is 0 Å². The van der Waals surface area contributed by atoms with Crippen LogP contribution in [0.15, 0.2) is 0 Å². The lowest BCUT2D eigenvalue weighted by Gasteiger charge is -2.38. The number of amides is 1. The van der Waals surface area contributed by atoms with Crippen LogP contribution in [0.3, 0.4) is 0 Å². The molecule has 1 saturated heterocycles. The third-order valence-corrected chi connectivity index (χ3v) is 4.20. The van der Waals surface area contributed by atoms with Crippen molar-refractivity contribution in [2.24, 2.45) is 17.6 Å². The lowest BCUT2D eigenvalue weighted by atomic mass is 9.91. The fraction of sp³-hybridized carbons (Fsp3) is 0.929. The quantitative estimate of drug-likeness (QED) is 0.802. The summed E-state index contributed by atoms with van der Waals surface area (Å²) in [5.41, 5.74) is 5.52. The van der Waals surface area contributed by atoms with Crippen molar-refractivity contribution in [3.8, 4) is 0 Å². The number of nitrogens with zero attached hydrogens (tertiary/aromatic N) is 1. The SMILES string of the molecule is CC(CCN)CCC(=O)N1CCCC(C)C1C. The minimum atomic E-state index is 0.341. The fourth-order valence-electron chi connectivity index (χ4n) is 2.63. The smallest absolute Gasteiger partial charge is 0.222 e. The second kappa shape index (κ2) is 7.00. The van der Waals surface area contributed by atoms with Crippen LogP contribution >= 0.6 is 0 Å². The van der Waals surface area contributed by atoms with Crippen LogP contribution in [-0.4, -0.2) is 29.9 Å². The van der Waals surface area contributed by atoms with Crippen molar-refractivity contribution in [1.29, 1.82) is 0 Å². The number of carbonyl (C=O) groups is 1. The predicted molar refractivity (Wildman–Crippen MR) is 71.6 cm³/mol. The Morgan fingerprint density at radius 3 is 2.76 bits per heavy atom. The van der Waals surface area contributed by atoms with Gasteiger partial charge in [-0.2, -0.15) is 0 Å². The average Bonchev–Trinajstić information content (AvgIpc) is 2.30. The van der Waals surface area contributed by atoms with Gasteiger partial charge >= 0.3 is 0 Å². The molecule has 1 amide bonds. The summed E-state index contributed by atoms with van der Waals surface area (Å²) in [6.07, 6.45) is 5.12. The van der Waals surface area contributed by atoms with Crippen LogP contribution in [0, 0.1) is 11.8 Å². The van der Waals surface area contributed by atoms with Crippen molar-refractivity contribution < 1.29 is 4.79 Å². The van der Waals surface area contributed by atoms with E-state index >= 15 is 0 Å². The summed E-state index contributed by atoms with van der Waals surface area (Å²) in [4.78, 5) is 14.2. The molecule has 0 aromatic rings. The maximum atomic E-state index is 12.2. The van der Waals surface area contributed by atoms with Crippen LogP contribution in [0.4, 0.5) is 0 Å². The van der Waals surface area contributed by atoms with E-state index in [2.05, 4.69) is 25.7 Å². The highest BCUT2D eigenvalue weighted by molar-refractivity contribution is 5.76. The molecule has 0 bridgehead atoms. The molecule has 1 aliphatic heterocycles. The zero-order valence-electron chi connectivity index (χ0n) is 11.6. The third kappa shape index (κ3) is 4.30. The maximum absolute atomic E-state index is 12.2. The van der Waals surface area contributed by atoms with Crippen LogP contribution in [-0.2, 0) is 4.79 Å². The minimum Gasteiger partial charge on any atom is -0.340 e. The average molecular weight is 240 g/mol. The van der Waals surface area contributed by atoms with E-state index in [-0.39, 0.29) is 0 Å². The number of piperidine rings is 1. The van der Waals surface area contributed by atoms with Crippen LogP contribution < -0.4 is 5.73 Å². The number of nitrogens with two attached hydrogens (primary N) is 1. The first-order chi connectivity index (χ1) is 8.06. The molecule has 100 valence electrons. The molecule has 0 spiro atoms. The fourth-order valence-corrected chi connectivity index (χ4v) is 2.63. The Labute approximate surface area is 106 Å². The standard InChI is InChI=1S/C14H28N2O/c1-11(8-9-15)6-7-14(17)16-10-4-5-12(2)13(16)3/h11-13H,4-10,15H2,1-3H3.